The van der Waals surface area contributed by atoms with Crippen LogP contribution >= 0.6 is 0 Å². The van der Waals surface area contributed by atoms with Gasteiger partial charge in [-0.25, -0.2) is 4.98 Å². The van der Waals surface area contributed by atoms with Gasteiger partial charge in [-0.15, -0.1) is 0 Å². The number of nitrogens with one attached hydrogen (secondary N) is 1. The van der Waals surface area contributed by atoms with E-state index in [4.69, 9.17) is 0 Å². The number of aliphatic hydroxyl groups excluding tert-OH is 1. The topological polar surface area (TPSA) is 48.9 Å². The van der Waals surface area contributed by atoms with Crippen molar-refractivity contribution in [2.45, 2.75) is 13.0 Å². The first kappa shape index (κ1) is 7.31. The largest absolute Gasteiger partial charge is 0.385 e. The van der Waals surface area contributed by atoms with Crippen molar-refractivity contribution in [1.29, 1.82) is 0 Å². The summed E-state index contributed by atoms with van der Waals surface area (Å²) < 4.78 is 0. The highest BCUT2D eigenvalue weighted by Crippen LogP contribution is 2.14. The van der Waals surface area contributed by atoms with Crippen molar-refractivity contribution in [2.24, 2.45) is 0 Å². The minimum absolute atomic E-state index is 0.530. The van der Waals surface area contributed by atoms with Crippen LogP contribution in [0.4, 0.5) is 0 Å². The molecular weight excluding hydrogens is 152 g/mol. The Morgan fingerprint density at radius 3 is 2.83 bits per heavy atom. The van der Waals surface area contributed by atoms with Gasteiger partial charge in [-0.2, -0.15) is 0 Å². The second-order valence-electron chi connectivity index (χ2n) is 2.82. The molecule has 62 valence electrons. The Balaban J connectivity index is 2.62. The van der Waals surface area contributed by atoms with E-state index in [-0.39, 0.29) is 0 Å². The van der Waals surface area contributed by atoms with Gasteiger partial charge in [0.2, 0.25) is 0 Å². The van der Waals surface area contributed by atoms with Crippen LogP contribution in [0.5, 0.6) is 0 Å². The molecule has 0 spiro atoms. The standard InChI is InChI=1S/C9H10N2O/c1-6(12)9-10-7-4-2-3-5-8(7)11-9/h2-6,12H,1H3,(H,10,11)/t6-/m1/s1. The second-order valence-corrected chi connectivity index (χ2v) is 2.82. The van der Waals surface area contributed by atoms with E-state index in [0.717, 1.165) is 11.0 Å². The summed E-state index contributed by atoms with van der Waals surface area (Å²) in [6.45, 7) is 1.69. The van der Waals surface area contributed by atoms with Gasteiger partial charge in [-0.3, -0.25) is 0 Å². The monoisotopic (exact) mass is 162 g/mol. The summed E-state index contributed by atoms with van der Waals surface area (Å²) in [6, 6.07) is 7.72. The van der Waals surface area contributed by atoms with Crippen molar-refractivity contribution in [1.82, 2.24) is 9.97 Å². The van der Waals surface area contributed by atoms with Gasteiger partial charge in [0, 0.05) is 0 Å². The number of para-hydroxylation sites is 2. The molecule has 0 aliphatic heterocycles. The number of benzene rings is 1. The van der Waals surface area contributed by atoms with E-state index >= 15 is 0 Å². The number of fused-ring (bicyclic) bond motifs is 1. The summed E-state index contributed by atoms with van der Waals surface area (Å²) in [4.78, 5) is 7.24. The molecule has 3 nitrogen and oxygen atoms in total. The third kappa shape index (κ3) is 1.08. The van der Waals surface area contributed by atoms with Crippen LogP contribution < -0.4 is 0 Å². The highest BCUT2D eigenvalue weighted by Gasteiger charge is 2.05. The number of rotatable bonds is 1. The number of H-pyrrole nitrogens is 1. The molecule has 2 aromatic rings. The van der Waals surface area contributed by atoms with Crippen molar-refractivity contribution < 1.29 is 5.11 Å². The summed E-state index contributed by atoms with van der Waals surface area (Å²) in [5, 5.41) is 9.23. The van der Waals surface area contributed by atoms with E-state index in [9.17, 15) is 5.11 Å². The Morgan fingerprint density at radius 1 is 1.42 bits per heavy atom. The molecule has 0 saturated heterocycles. The predicted octanol–water partition coefficient (Wildman–Crippen LogP) is 1.62. The Morgan fingerprint density at radius 2 is 2.17 bits per heavy atom. The summed E-state index contributed by atoms with van der Waals surface area (Å²) in [7, 11) is 0. The Hall–Kier alpha value is -1.35. The lowest BCUT2D eigenvalue weighted by molar-refractivity contribution is 0.190. The molecular formula is C9H10N2O. The van der Waals surface area contributed by atoms with Crippen molar-refractivity contribution in [3.63, 3.8) is 0 Å². The molecule has 12 heavy (non-hydrogen) atoms. The maximum absolute atomic E-state index is 9.23. The zero-order chi connectivity index (χ0) is 8.55. The van der Waals surface area contributed by atoms with Crippen LogP contribution in [-0.2, 0) is 0 Å². The van der Waals surface area contributed by atoms with Crippen molar-refractivity contribution in [2.75, 3.05) is 0 Å². The maximum Gasteiger partial charge on any atom is 0.135 e. The molecule has 0 unspecified atom stereocenters. The molecule has 0 saturated carbocycles. The average molecular weight is 162 g/mol. The molecule has 2 rings (SSSR count). The Bertz CT molecular complexity index is 359. The van der Waals surface area contributed by atoms with Crippen molar-refractivity contribution in [3.05, 3.63) is 30.1 Å². The lowest BCUT2D eigenvalue weighted by atomic mass is 10.3. The highest BCUT2D eigenvalue weighted by atomic mass is 16.3. The molecule has 0 amide bonds. The van der Waals surface area contributed by atoms with Crippen LogP contribution in [-0.4, -0.2) is 15.1 Å². The SMILES string of the molecule is C[C@@H](O)c1nc2ccccc2[nH]1. The van der Waals surface area contributed by atoms with Crippen LogP contribution in [0.2, 0.25) is 0 Å². The van der Waals surface area contributed by atoms with E-state index in [0.29, 0.717) is 5.82 Å². The van der Waals surface area contributed by atoms with Crippen LogP contribution in [0, 0.1) is 0 Å². The van der Waals surface area contributed by atoms with Gasteiger partial charge in [0.05, 0.1) is 11.0 Å². The smallest absolute Gasteiger partial charge is 0.135 e. The number of hydrogen-bond donors (Lipinski definition) is 2. The third-order valence-electron chi connectivity index (χ3n) is 1.80. The number of imidazole rings is 1. The van der Waals surface area contributed by atoms with Crippen LogP contribution in [0.25, 0.3) is 11.0 Å². The number of aromatic nitrogens is 2. The molecule has 1 heterocycles. The quantitative estimate of drug-likeness (QED) is 0.669. The second kappa shape index (κ2) is 2.60. The number of nitrogens with zero attached hydrogens (tertiary/aromatic N) is 1. The van der Waals surface area contributed by atoms with Crippen LogP contribution in [0.1, 0.15) is 18.9 Å². The fourth-order valence-electron chi connectivity index (χ4n) is 1.17. The summed E-state index contributed by atoms with van der Waals surface area (Å²) in [6.07, 6.45) is -0.530. The van der Waals surface area contributed by atoms with Gasteiger partial charge < -0.3 is 10.1 Å². The van der Waals surface area contributed by atoms with Crippen molar-refractivity contribution >= 4 is 11.0 Å². The minimum atomic E-state index is -0.530. The first-order valence-electron chi connectivity index (χ1n) is 3.90. The molecule has 0 fully saturated rings. The summed E-state index contributed by atoms with van der Waals surface area (Å²) in [5.74, 6) is 0.621. The van der Waals surface area contributed by atoms with Gasteiger partial charge in [0.25, 0.3) is 0 Å². The van der Waals surface area contributed by atoms with Gasteiger partial charge in [-0.1, -0.05) is 12.1 Å². The van der Waals surface area contributed by atoms with E-state index < -0.39 is 6.10 Å². The summed E-state index contributed by atoms with van der Waals surface area (Å²) >= 11 is 0. The molecule has 0 aliphatic carbocycles. The Kier molecular flexibility index (Phi) is 1.59. The summed E-state index contributed by atoms with van der Waals surface area (Å²) in [5.41, 5.74) is 1.86. The number of aliphatic hydroxyl groups is 1. The lowest BCUT2D eigenvalue weighted by Crippen LogP contribution is -1.92. The van der Waals surface area contributed by atoms with E-state index in [1.165, 1.54) is 0 Å². The van der Waals surface area contributed by atoms with E-state index in [1.807, 2.05) is 24.3 Å². The molecule has 0 radical (unpaired) electrons. The molecule has 0 bridgehead atoms. The van der Waals surface area contributed by atoms with E-state index in [2.05, 4.69) is 9.97 Å². The number of aromatic amines is 1. The first-order chi connectivity index (χ1) is 5.77. The molecule has 0 aliphatic rings. The van der Waals surface area contributed by atoms with Crippen LogP contribution in [0.15, 0.2) is 24.3 Å². The fourth-order valence-corrected chi connectivity index (χ4v) is 1.17. The Labute approximate surface area is 70.1 Å². The van der Waals surface area contributed by atoms with Gasteiger partial charge in [-0.05, 0) is 19.1 Å². The minimum Gasteiger partial charge on any atom is -0.385 e. The fraction of sp³-hybridized carbons (Fsp3) is 0.222. The molecule has 1 aromatic carbocycles. The maximum atomic E-state index is 9.23. The molecule has 1 aromatic heterocycles. The molecule has 1 atom stereocenters. The third-order valence-corrected chi connectivity index (χ3v) is 1.80. The highest BCUT2D eigenvalue weighted by molar-refractivity contribution is 5.74. The van der Waals surface area contributed by atoms with Gasteiger partial charge >= 0.3 is 0 Å². The normalized spacial score (nSPS) is 13.5. The zero-order valence-electron chi connectivity index (χ0n) is 6.78. The zero-order valence-corrected chi connectivity index (χ0v) is 6.78. The predicted molar refractivity (Wildman–Crippen MR) is 46.7 cm³/mol. The van der Waals surface area contributed by atoms with Gasteiger partial charge in [0.1, 0.15) is 11.9 Å². The van der Waals surface area contributed by atoms with Gasteiger partial charge in [0.15, 0.2) is 0 Å². The molecule has 2 N–H and O–H groups in total. The average Bonchev–Trinajstić information content (AvgIpc) is 2.46. The number of hydrogen-bond acceptors (Lipinski definition) is 2. The van der Waals surface area contributed by atoms with E-state index in [1.54, 1.807) is 6.92 Å². The lowest BCUT2D eigenvalue weighted by Gasteiger charge is -1.95. The van der Waals surface area contributed by atoms with Crippen molar-refractivity contribution in [3.8, 4) is 0 Å². The van der Waals surface area contributed by atoms with Crippen LogP contribution in [0.3, 0.4) is 0 Å². The first-order valence-corrected chi connectivity index (χ1v) is 3.90. The molecule has 3 heteroatoms.